The average molecular weight is 483 g/mol. The first-order valence-electron chi connectivity index (χ1n) is 11.6. The second kappa shape index (κ2) is 11.6. The lowest BCUT2D eigenvalue weighted by Crippen LogP contribution is -2.31. The van der Waals surface area contributed by atoms with Gasteiger partial charge in [-0.3, -0.25) is 19.7 Å². The summed E-state index contributed by atoms with van der Waals surface area (Å²) >= 11 is 0. The maximum absolute atomic E-state index is 13.1. The maximum atomic E-state index is 13.1. The molecule has 35 heavy (non-hydrogen) atoms. The fraction of sp³-hybridized carbons (Fsp3) is 0.385. The van der Waals surface area contributed by atoms with Crippen LogP contribution in [0, 0.1) is 17.0 Å². The van der Waals surface area contributed by atoms with E-state index in [1.165, 1.54) is 29.2 Å². The number of ether oxygens (including phenoxy) is 2. The Morgan fingerprint density at radius 2 is 1.83 bits per heavy atom. The molecule has 1 aliphatic rings. The molecule has 0 unspecified atom stereocenters. The highest BCUT2D eigenvalue weighted by Gasteiger charge is 2.45. The number of nitrogens with zero attached hydrogens (tertiary/aromatic N) is 2. The molecule has 0 saturated carbocycles. The number of aliphatic hydroxyl groups excluding tert-OH is 1. The van der Waals surface area contributed by atoms with Gasteiger partial charge in [0.2, 0.25) is 0 Å². The van der Waals surface area contributed by atoms with Crippen LogP contribution in [0.1, 0.15) is 48.9 Å². The number of carbonyl (C=O) groups excluding carboxylic acids is 2. The Balaban J connectivity index is 2.05. The number of rotatable bonds is 11. The summed E-state index contributed by atoms with van der Waals surface area (Å²) in [6, 6.07) is 9.84. The van der Waals surface area contributed by atoms with Gasteiger partial charge in [0.25, 0.3) is 17.4 Å². The highest BCUT2D eigenvalue weighted by molar-refractivity contribution is 6.46. The predicted octanol–water partition coefficient (Wildman–Crippen LogP) is 4.54. The molecule has 1 fully saturated rings. The molecule has 0 aromatic heterocycles. The zero-order valence-electron chi connectivity index (χ0n) is 20.2. The van der Waals surface area contributed by atoms with Gasteiger partial charge in [0.05, 0.1) is 23.1 Å². The molecule has 1 amide bonds. The molecule has 0 aliphatic carbocycles. The van der Waals surface area contributed by atoms with Crippen molar-refractivity contribution >= 4 is 23.1 Å². The van der Waals surface area contributed by atoms with Crippen LogP contribution in [0.25, 0.3) is 5.76 Å². The van der Waals surface area contributed by atoms with E-state index in [9.17, 15) is 24.8 Å². The summed E-state index contributed by atoms with van der Waals surface area (Å²) < 4.78 is 10.9. The Bertz CT molecular complexity index is 1130. The minimum atomic E-state index is -0.881. The number of aryl methyl sites for hydroxylation is 1. The Labute approximate surface area is 204 Å². The number of Topliss-reactive ketones (excluding diaryl/α,β-unsaturated/α-hetero) is 1. The highest BCUT2D eigenvalue weighted by Crippen LogP contribution is 2.40. The zero-order valence-corrected chi connectivity index (χ0v) is 20.2. The van der Waals surface area contributed by atoms with Crippen LogP contribution in [0.15, 0.2) is 48.0 Å². The number of non-ortho nitro benzene ring substituents is 1. The number of methoxy groups -OCH3 is 1. The average Bonchev–Trinajstić information content (AvgIpc) is 3.10. The van der Waals surface area contributed by atoms with Crippen LogP contribution in [0.3, 0.4) is 0 Å². The smallest absolute Gasteiger partial charge is 0.295 e. The van der Waals surface area contributed by atoms with Crippen LogP contribution >= 0.6 is 0 Å². The number of unbranched alkanes of at least 4 members (excludes halogenated alkanes) is 1. The Hall–Kier alpha value is -3.72. The van der Waals surface area contributed by atoms with Crippen molar-refractivity contribution < 1.29 is 29.1 Å². The lowest BCUT2D eigenvalue weighted by molar-refractivity contribution is -0.384. The number of nitro benzene ring substituents is 1. The summed E-state index contributed by atoms with van der Waals surface area (Å²) in [7, 11) is 1.54. The summed E-state index contributed by atoms with van der Waals surface area (Å²) in [6.45, 7) is 5.10. The Morgan fingerprint density at radius 3 is 2.43 bits per heavy atom. The molecule has 2 aromatic rings. The quantitative estimate of drug-likeness (QED) is 0.125. The van der Waals surface area contributed by atoms with Crippen LogP contribution in [-0.2, 0) is 14.3 Å². The van der Waals surface area contributed by atoms with Crippen LogP contribution in [0.4, 0.5) is 5.69 Å². The monoisotopic (exact) mass is 482 g/mol. The van der Waals surface area contributed by atoms with Gasteiger partial charge in [0.15, 0.2) is 0 Å². The number of amides is 1. The van der Waals surface area contributed by atoms with E-state index < -0.39 is 22.7 Å². The van der Waals surface area contributed by atoms with Crippen molar-refractivity contribution in [1.82, 2.24) is 4.90 Å². The highest BCUT2D eigenvalue weighted by atomic mass is 16.6. The van der Waals surface area contributed by atoms with Crippen molar-refractivity contribution in [3.63, 3.8) is 0 Å². The third kappa shape index (κ3) is 5.68. The van der Waals surface area contributed by atoms with Crippen LogP contribution in [0.2, 0.25) is 0 Å². The Kier molecular flexibility index (Phi) is 8.59. The number of hydrogen-bond acceptors (Lipinski definition) is 7. The molecular formula is C26H30N2O7. The normalized spacial score (nSPS) is 17.1. The van der Waals surface area contributed by atoms with Crippen molar-refractivity contribution in [2.75, 3.05) is 26.9 Å². The standard InChI is InChI=1S/C26H30N2O7/c1-4-5-15-35-21-12-9-19(16-17(21)2)24(29)22-23(18-7-10-20(11-8-18)28(32)33)27(13-6-14-34-3)26(31)25(22)30/h7-12,16,23,29H,4-6,13-15H2,1-3H3/t23-/m1/s1. The molecular weight excluding hydrogens is 452 g/mol. The van der Waals surface area contributed by atoms with Crippen molar-refractivity contribution in [2.45, 2.75) is 39.2 Å². The summed E-state index contributed by atoms with van der Waals surface area (Å²) in [4.78, 5) is 38.0. The molecule has 9 nitrogen and oxygen atoms in total. The molecule has 186 valence electrons. The minimum Gasteiger partial charge on any atom is -0.507 e. The van der Waals surface area contributed by atoms with E-state index in [1.54, 1.807) is 25.3 Å². The predicted molar refractivity (Wildman–Crippen MR) is 130 cm³/mol. The Morgan fingerprint density at radius 1 is 1.11 bits per heavy atom. The van der Waals surface area contributed by atoms with Gasteiger partial charge in [-0.2, -0.15) is 0 Å². The van der Waals surface area contributed by atoms with Gasteiger partial charge in [-0.25, -0.2) is 0 Å². The molecule has 9 heteroatoms. The minimum absolute atomic E-state index is 0.0553. The van der Waals surface area contributed by atoms with Gasteiger partial charge in [0, 0.05) is 38.0 Å². The number of ketones is 1. The van der Waals surface area contributed by atoms with Gasteiger partial charge in [0.1, 0.15) is 11.5 Å². The van der Waals surface area contributed by atoms with Crippen LogP contribution in [-0.4, -0.2) is 53.5 Å². The molecule has 0 bridgehead atoms. The molecule has 1 saturated heterocycles. The van der Waals surface area contributed by atoms with E-state index in [-0.39, 0.29) is 23.6 Å². The van der Waals surface area contributed by atoms with E-state index >= 15 is 0 Å². The summed E-state index contributed by atoms with van der Waals surface area (Å²) in [5.41, 5.74) is 1.49. The van der Waals surface area contributed by atoms with E-state index in [4.69, 9.17) is 9.47 Å². The molecule has 1 heterocycles. The number of nitro groups is 1. The number of hydrogen-bond donors (Lipinski definition) is 1. The van der Waals surface area contributed by atoms with Gasteiger partial charge < -0.3 is 19.5 Å². The SMILES string of the molecule is CCCCOc1ccc(C(O)=C2C(=O)C(=O)N(CCCOC)[C@@H]2c2ccc([N+](=O)[O-])cc2)cc1C. The third-order valence-electron chi connectivity index (χ3n) is 5.91. The van der Waals surface area contributed by atoms with Gasteiger partial charge in [-0.15, -0.1) is 0 Å². The van der Waals surface area contributed by atoms with E-state index in [1.807, 2.05) is 6.92 Å². The van der Waals surface area contributed by atoms with Crippen LogP contribution in [0.5, 0.6) is 5.75 Å². The zero-order chi connectivity index (χ0) is 25.5. The molecule has 2 aromatic carbocycles. The van der Waals surface area contributed by atoms with E-state index in [0.29, 0.717) is 36.5 Å². The second-order valence-corrected chi connectivity index (χ2v) is 8.37. The third-order valence-corrected chi connectivity index (χ3v) is 5.91. The molecule has 1 atom stereocenters. The number of benzene rings is 2. The lowest BCUT2D eigenvalue weighted by Gasteiger charge is -2.25. The van der Waals surface area contributed by atoms with E-state index in [2.05, 4.69) is 6.92 Å². The largest absolute Gasteiger partial charge is 0.507 e. The number of aliphatic hydroxyl groups is 1. The molecule has 0 spiro atoms. The summed E-state index contributed by atoms with van der Waals surface area (Å²) in [6.07, 6.45) is 2.41. The summed E-state index contributed by atoms with van der Waals surface area (Å²) in [5, 5.41) is 22.3. The molecule has 0 radical (unpaired) electrons. The fourth-order valence-electron chi connectivity index (χ4n) is 4.06. The first-order valence-corrected chi connectivity index (χ1v) is 11.6. The number of likely N-dealkylation sites (tertiary alicyclic amines) is 1. The first kappa shape index (κ1) is 25.9. The first-order chi connectivity index (χ1) is 16.8. The maximum Gasteiger partial charge on any atom is 0.295 e. The van der Waals surface area contributed by atoms with Crippen LogP contribution < -0.4 is 4.74 Å². The number of carbonyl (C=O) groups is 2. The van der Waals surface area contributed by atoms with Gasteiger partial charge >= 0.3 is 0 Å². The topological polar surface area (TPSA) is 119 Å². The molecule has 1 N–H and O–H groups in total. The molecule has 1 aliphatic heterocycles. The van der Waals surface area contributed by atoms with Crippen molar-refractivity contribution in [2.24, 2.45) is 0 Å². The van der Waals surface area contributed by atoms with Crippen molar-refractivity contribution in [3.8, 4) is 5.75 Å². The molecule has 3 rings (SSSR count). The van der Waals surface area contributed by atoms with Crippen molar-refractivity contribution in [3.05, 3.63) is 74.8 Å². The van der Waals surface area contributed by atoms with Gasteiger partial charge in [-0.1, -0.05) is 13.3 Å². The lowest BCUT2D eigenvalue weighted by atomic mass is 9.94. The van der Waals surface area contributed by atoms with Crippen molar-refractivity contribution in [1.29, 1.82) is 0 Å². The van der Waals surface area contributed by atoms with Gasteiger partial charge in [-0.05, 0) is 61.2 Å². The fourth-order valence-corrected chi connectivity index (χ4v) is 4.06. The van der Waals surface area contributed by atoms with E-state index in [0.717, 1.165) is 18.4 Å². The summed E-state index contributed by atoms with van der Waals surface area (Å²) in [5.74, 6) is -1.16. The second-order valence-electron chi connectivity index (χ2n) is 8.37.